The molecule has 0 aliphatic heterocycles. The summed E-state index contributed by atoms with van der Waals surface area (Å²) in [5.41, 5.74) is 0.789. The molecule has 2 aromatic carbocycles. The lowest BCUT2D eigenvalue weighted by Crippen LogP contribution is -2.28. The van der Waals surface area contributed by atoms with Gasteiger partial charge in [0.25, 0.3) is 0 Å². The number of halogens is 2. The second-order valence-corrected chi connectivity index (χ2v) is 7.23. The van der Waals surface area contributed by atoms with Crippen molar-refractivity contribution in [1.29, 1.82) is 0 Å². The van der Waals surface area contributed by atoms with E-state index >= 15 is 0 Å². The first kappa shape index (κ1) is 18.4. The van der Waals surface area contributed by atoms with Crippen LogP contribution in [0.5, 0.6) is 0 Å². The molecule has 0 spiro atoms. The molecule has 2 rings (SSSR count). The van der Waals surface area contributed by atoms with Crippen LogP contribution in [0.2, 0.25) is 5.02 Å². The van der Waals surface area contributed by atoms with E-state index in [1.165, 1.54) is 18.2 Å². The van der Waals surface area contributed by atoms with Gasteiger partial charge in [0.2, 0.25) is 15.9 Å². The van der Waals surface area contributed by atoms with Crippen LogP contribution in [0.1, 0.15) is 12.0 Å². The second kappa shape index (κ2) is 7.74. The van der Waals surface area contributed by atoms with Crippen molar-refractivity contribution in [2.24, 2.45) is 0 Å². The monoisotopic (exact) mass is 370 g/mol. The zero-order valence-electron chi connectivity index (χ0n) is 12.8. The fraction of sp³-hybridized carbons (Fsp3) is 0.188. The number of carbonyl (C=O) groups excluding carboxylic acids is 1. The average Bonchev–Trinajstić information content (AvgIpc) is 2.51. The summed E-state index contributed by atoms with van der Waals surface area (Å²) >= 11 is 5.85. The predicted molar refractivity (Wildman–Crippen MR) is 91.0 cm³/mol. The number of nitrogens with one attached hydrogen (secondary N) is 2. The van der Waals surface area contributed by atoms with E-state index in [-0.39, 0.29) is 22.9 Å². The maximum absolute atomic E-state index is 13.4. The molecule has 1 amide bonds. The molecule has 2 aromatic rings. The number of anilines is 1. The van der Waals surface area contributed by atoms with Crippen molar-refractivity contribution in [3.05, 3.63) is 58.9 Å². The highest BCUT2D eigenvalue weighted by molar-refractivity contribution is 7.89. The van der Waals surface area contributed by atoms with E-state index in [1.54, 1.807) is 31.2 Å². The molecular weight excluding hydrogens is 355 g/mol. The maximum Gasteiger partial charge on any atom is 0.242 e. The smallest absolute Gasteiger partial charge is 0.242 e. The van der Waals surface area contributed by atoms with Crippen LogP contribution in [0.3, 0.4) is 0 Å². The zero-order chi connectivity index (χ0) is 17.7. The Labute approximate surface area is 144 Å². The Kier molecular flexibility index (Phi) is 5.93. The molecule has 0 saturated heterocycles. The normalized spacial score (nSPS) is 11.3. The predicted octanol–water partition coefficient (Wildman–Crippen LogP) is 3.09. The second-order valence-electron chi connectivity index (χ2n) is 5.09. The summed E-state index contributed by atoms with van der Waals surface area (Å²) < 4.78 is 39.9. The van der Waals surface area contributed by atoms with Crippen molar-refractivity contribution in [3.63, 3.8) is 0 Å². The average molecular weight is 371 g/mol. The minimum absolute atomic E-state index is 0.0484. The molecular formula is C16H16ClFN2O3S. The first-order chi connectivity index (χ1) is 11.3. The van der Waals surface area contributed by atoms with Crippen LogP contribution in [0, 0.1) is 12.7 Å². The summed E-state index contributed by atoms with van der Waals surface area (Å²) in [5, 5.41) is 2.61. The first-order valence-electron chi connectivity index (χ1n) is 7.10. The molecule has 2 N–H and O–H groups in total. The van der Waals surface area contributed by atoms with Crippen molar-refractivity contribution in [1.82, 2.24) is 4.72 Å². The lowest BCUT2D eigenvalue weighted by atomic mass is 10.2. The van der Waals surface area contributed by atoms with Gasteiger partial charge in [-0.05, 0) is 36.8 Å². The van der Waals surface area contributed by atoms with Gasteiger partial charge in [-0.25, -0.2) is 17.5 Å². The van der Waals surface area contributed by atoms with Gasteiger partial charge in [0.05, 0.1) is 5.02 Å². The van der Waals surface area contributed by atoms with Crippen LogP contribution in [-0.4, -0.2) is 20.9 Å². The standard InChI is InChI=1S/C16H16ClFN2O3S/c1-11-6-7-12(10-14(11)18)20-16(21)8-9-19-24(22,23)15-5-3-2-4-13(15)17/h2-7,10,19H,8-9H2,1H3,(H,20,21). The number of sulfonamides is 1. The van der Waals surface area contributed by atoms with Crippen LogP contribution in [0.4, 0.5) is 10.1 Å². The van der Waals surface area contributed by atoms with Crippen molar-refractivity contribution >= 4 is 33.2 Å². The molecule has 8 heteroatoms. The number of rotatable bonds is 6. The highest BCUT2D eigenvalue weighted by Gasteiger charge is 2.17. The summed E-state index contributed by atoms with van der Waals surface area (Å²) in [6.07, 6.45) is -0.0980. The van der Waals surface area contributed by atoms with Gasteiger partial charge in [-0.15, -0.1) is 0 Å². The summed E-state index contributed by atoms with van der Waals surface area (Å²) in [7, 11) is -3.79. The summed E-state index contributed by atoms with van der Waals surface area (Å²) in [6.45, 7) is 1.51. The molecule has 0 fully saturated rings. The molecule has 0 radical (unpaired) electrons. The molecule has 0 aromatic heterocycles. The van der Waals surface area contributed by atoms with Gasteiger partial charge in [-0.1, -0.05) is 29.8 Å². The van der Waals surface area contributed by atoms with Gasteiger partial charge in [0.15, 0.2) is 0 Å². The molecule has 0 heterocycles. The van der Waals surface area contributed by atoms with E-state index in [1.807, 2.05) is 0 Å². The Hall–Kier alpha value is -1.96. The molecule has 0 unspecified atom stereocenters. The van der Waals surface area contributed by atoms with Crippen LogP contribution in [0.25, 0.3) is 0 Å². The highest BCUT2D eigenvalue weighted by Crippen LogP contribution is 2.20. The lowest BCUT2D eigenvalue weighted by Gasteiger charge is -2.09. The Morgan fingerprint density at radius 1 is 1.21 bits per heavy atom. The Morgan fingerprint density at radius 2 is 1.92 bits per heavy atom. The van der Waals surface area contributed by atoms with E-state index in [0.29, 0.717) is 11.3 Å². The van der Waals surface area contributed by atoms with Gasteiger partial charge < -0.3 is 5.32 Å². The Balaban J connectivity index is 1.90. The zero-order valence-corrected chi connectivity index (χ0v) is 14.4. The topological polar surface area (TPSA) is 75.3 Å². The fourth-order valence-electron chi connectivity index (χ4n) is 1.93. The van der Waals surface area contributed by atoms with Gasteiger partial charge in [-0.3, -0.25) is 4.79 Å². The number of benzene rings is 2. The number of hydrogen-bond donors (Lipinski definition) is 2. The van der Waals surface area contributed by atoms with Crippen LogP contribution in [0.15, 0.2) is 47.4 Å². The van der Waals surface area contributed by atoms with Gasteiger partial charge in [0, 0.05) is 18.7 Å². The minimum atomic E-state index is -3.79. The van der Waals surface area contributed by atoms with Crippen molar-refractivity contribution in [3.8, 4) is 0 Å². The summed E-state index contributed by atoms with van der Waals surface area (Å²) in [6, 6.07) is 10.3. The van der Waals surface area contributed by atoms with Gasteiger partial charge >= 0.3 is 0 Å². The third-order valence-corrected chi connectivity index (χ3v) is 5.19. The first-order valence-corrected chi connectivity index (χ1v) is 8.96. The van der Waals surface area contributed by atoms with E-state index in [4.69, 9.17) is 11.6 Å². The van der Waals surface area contributed by atoms with Crippen molar-refractivity contribution in [2.45, 2.75) is 18.2 Å². The fourth-order valence-corrected chi connectivity index (χ4v) is 3.48. The number of amides is 1. The van der Waals surface area contributed by atoms with Gasteiger partial charge in [-0.2, -0.15) is 0 Å². The maximum atomic E-state index is 13.4. The summed E-state index contributed by atoms with van der Waals surface area (Å²) in [5.74, 6) is -0.854. The minimum Gasteiger partial charge on any atom is -0.326 e. The third kappa shape index (κ3) is 4.77. The van der Waals surface area contributed by atoms with E-state index in [9.17, 15) is 17.6 Å². The van der Waals surface area contributed by atoms with Crippen LogP contribution >= 0.6 is 11.6 Å². The molecule has 24 heavy (non-hydrogen) atoms. The quantitative estimate of drug-likeness (QED) is 0.820. The SMILES string of the molecule is Cc1ccc(NC(=O)CCNS(=O)(=O)c2ccccc2Cl)cc1F. The lowest BCUT2D eigenvalue weighted by molar-refractivity contribution is -0.116. The number of aryl methyl sites for hydroxylation is 1. The molecule has 5 nitrogen and oxygen atoms in total. The molecule has 0 atom stereocenters. The van der Waals surface area contributed by atoms with Crippen molar-refractivity contribution in [2.75, 3.05) is 11.9 Å². The van der Waals surface area contributed by atoms with E-state index < -0.39 is 21.7 Å². The molecule has 0 aliphatic carbocycles. The highest BCUT2D eigenvalue weighted by atomic mass is 35.5. The Morgan fingerprint density at radius 3 is 2.58 bits per heavy atom. The largest absolute Gasteiger partial charge is 0.326 e. The summed E-state index contributed by atoms with van der Waals surface area (Å²) in [4.78, 5) is 11.8. The molecule has 0 saturated carbocycles. The molecule has 0 aliphatic rings. The number of carbonyl (C=O) groups is 1. The third-order valence-electron chi connectivity index (χ3n) is 3.23. The molecule has 128 valence electrons. The molecule has 0 bridgehead atoms. The van der Waals surface area contributed by atoms with Crippen LogP contribution < -0.4 is 10.0 Å². The Bertz CT molecular complexity index is 856. The van der Waals surface area contributed by atoms with E-state index in [2.05, 4.69) is 10.0 Å². The van der Waals surface area contributed by atoms with Crippen molar-refractivity contribution < 1.29 is 17.6 Å². The van der Waals surface area contributed by atoms with E-state index in [0.717, 1.165) is 0 Å². The number of hydrogen-bond acceptors (Lipinski definition) is 3. The van der Waals surface area contributed by atoms with Crippen LogP contribution in [-0.2, 0) is 14.8 Å². The van der Waals surface area contributed by atoms with Gasteiger partial charge in [0.1, 0.15) is 10.7 Å².